The molecule has 1 nitrogen and oxygen atoms in total. The van der Waals surface area contributed by atoms with Crippen molar-refractivity contribution >= 4 is 12.4 Å². The van der Waals surface area contributed by atoms with Crippen LogP contribution in [0.1, 0.15) is 24.0 Å². The van der Waals surface area contributed by atoms with Gasteiger partial charge in [-0.2, -0.15) is 0 Å². The molecule has 0 aliphatic heterocycles. The van der Waals surface area contributed by atoms with Crippen LogP contribution in [-0.2, 0) is 5.41 Å². The van der Waals surface area contributed by atoms with Crippen molar-refractivity contribution in [1.82, 2.24) is 0 Å². The van der Waals surface area contributed by atoms with E-state index in [0.29, 0.717) is 0 Å². The Hall–Kier alpha value is -1.57. The van der Waals surface area contributed by atoms with Crippen LogP contribution in [0.4, 0.5) is 0 Å². The van der Waals surface area contributed by atoms with Crippen molar-refractivity contribution in [2.24, 2.45) is 5.73 Å². The highest BCUT2D eigenvalue weighted by atomic mass is 35.5. The highest BCUT2D eigenvalue weighted by Crippen LogP contribution is 2.40. The normalized spacial score (nSPS) is 20.1. The Morgan fingerprint density at radius 3 is 1.75 bits per heavy atom. The fraction of sp³-hybridized carbons (Fsp3) is 0.222. The van der Waals surface area contributed by atoms with Crippen molar-refractivity contribution in [3.05, 3.63) is 83.9 Å². The summed E-state index contributed by atoms with van der Waals surface area (Å²) >= 11 is 0. The quantitative estimate of drug-likeness (QED) is 0.827. The topological polar surface area (TPSA) is 26.0 Å². The molecule has 0 saturated carbocycles. The lowest BCUT2D eigenvalue weighted by molar-refractivity contribution is 0.499. The van der Waals surface area contributed by atoms with Gasteiger partial charge >= 0.3 is 0 Å². The van der Waals surface area contributed by atoms with E-state index in [0.717, 1.165) is 12.8 Å². The van der Waals surface area contributed by atoms with E-state index in [1.807, 2.05) is 0 Å². The molecule has 0 saturated heterocycles. The zero-order chi connectivity index (χ0) is 13.1. The van der Waals surface area contributed by atoms with Crippen LogP contribution in [0.5, 0.6) is 0 Å². The molecule has 1 aliphatic carbocycles. The molecule has 0 amide bonds. The van der Waals surface area contributed by atoms with E-state index in [1.54, 1.807) is 0 Å². The number of hydrogen-bond acceptors (Lipinski definition) is 1. The van der Waals surface area contributed by atoms with Gasteiger partial charge in [0.15, 0.2) is 0 Å². The van der Waals surface area contributed by atoms with Gasteiger partial charge in [-0.1, -0.05) is 72.8 Å². The zero-order valence-corrected chi connectivity index (χ0v) is 12.2. The smallest absolute Gasteiger partial charge is 0.0383 e. The van der Waals surface area contributed by atoms with Crippen LogP contribution in [-0.4, -0.2) is 6.04 Å². The summed E-state index contributed by atoms with van der Waals surface area (Å²) in [4.78, 5) is 0. The predicted molar refractivity (Wildman–Crippen MR) is 87.3 cm³/mol. The van der Waals surface area contributed by atoms with Crippen molar-refractivity contribution in [3.63, 3.8) is 0 Å². The van der Waals surface area contributed by atoms with Crippen LogP contribution in [0, 0.1) is 0 Å². The van der Waals surface area contributed by atoms with E-state index in [2.05, 4.69) is 72.8 Å². The van der Waals surface area contributed by atoms with Gasteiger partial charge in [-0.05, 0) is 24.0 Å². The minimum atomic E-state index is -0.0155. The third-order valence-corrected chi connectivity index (χ3v) is 4.08. The summed E-state index contributed by atoms with van der Waals surface area (Å²) in [6.07, 6.45) is 6.55. The number of allylic oxidation sites excluding steroid dienone is 1. The maximum absolute atomic E-state index is 6.03. The Labute approximate surface area is 126 Å². The van der Waals surface area contributed by atoms with Crippen LogP contribution in [0.2, 0.25) is 0 Å². The molecule has 1 unspecified atom stereocenters. The first-order valence-electron chi connectivity index (χ1n) is 6.87. The first-order chi connectivity index (χ1) is 9.31. The SMILES string of the molecule is Cl.NC1C=CC(c2ccccc2)(c2ccccc2)CC1. The van der Waals surface area contributed by atoms with E-state index in [1.165, 1.54) is 11.1 Å². The summed E-state index contributed by atoms with van der Waals surface area (Å²) in [7, 11) is 0. The summed E-state index contributed by atoms with van der Waals surface area (Å²) in [5.41, 5.74) is 8.71. The number of nitrogens with two attached hydrogens (primary N) is 1. The Bertz CT molecular complexity index is 523. The highest BCUT2D eigenvalue weighted by molar-refractivity contribution is 5.85. The Morgan fingerprint density at radius 2 is 1.35 bits per heavy atom. The molecule has 2 N–H and O–H groups in total. The molecule has 3 rings (SSSR count). The average molecular weight is 286 g/mol. The van der Waals surface area contributed by atoms with Crippen LogP contribution in [0.15, 0.2) is 72.8 Å². The summed E-state index contributed by atoms with van der Waals surface area (Å²) < 4.78 is 0. The van der Waals surface area contributed by atoms with Gasteiger partial charge in [0, 0.05) is 11.5 Å². The van der Waals surface area contributed by atoms with Gasteiger partial charge in [0.2, 0.25) is 0 Å². The molecule has 20 heavy (non-hydrogen) atoms. The number of hydrogen-bond donors (Lipinski definition) is 1. The van der Waals surface area contributed by atoms with Gasteiger partial charge in [-0.15, -0.1) is 12.4 Å². The van der Waals surface area contributed by atoms with E-state index >= 15 is 0 Å². The van der Waals surface area contributed by atoms with Crippen LogP contribution in [0.25, 0.3) is 0 Å². The second-order valence-corrected chi connectivity index (χ2v) is 5.27. The zero-order valence-electron chi connectivity index (χ0n) is 11.4. The standard InChI is InChI=1S/C18H19N.ClH/c19-17-11-13-18(14-12-17,15-7-3-1-4-8-15)16-9-5-2-6-10-16;/h1-11,13,17H,12,14,19H2;1H. The summed E-state index contributed by atoms with van der Waals surface area (Å²) in [6.45, 7) is 0. The number of halogens is 1. The Kier molecular flexibility index (Phi) is 4.64. The van der Waals surface area contributed by atoms with E-state index in [9.17, 15) is 0 Å². The van der Waals surface area contributed by atoms with Crippen LogP contribution in [0.3, 0.4) is 0 Å². The molecule has 2 aromatic rings. The molecule has 0 aromatic heterocycles. The van der Waals surface area contributed by atoms with Crippen LogP contribution < -0.4 is 5.73 Å². The lowest BCUT2D eigenvalue weighted by atomic mass is 9.68. The minimum Gasteiger partial charge on any atom is -0.324 e. The molecule has 0 radical (unpaired) electrons. The van der Waals surface area contributed by atoms with E-state index in [-0.39, 0.29) is 23.9 Å². The number of benzene rings is 2. The van der Waals surface area contributed by atoms with Crippen LogP contribution >= 0.6 is 12.4 Å². The van der Waals surface area contributed by atoms with Gasteiger partial charge in [0.05, 0.1) is 0 Å². The lowest BCUT2D eigenvalue weighted by Gasteiger charge is -2.36. The molecule has 0 fully saturated rings. The van der Waals surface area contributed by atoms with Gasteiger partial charge < -0.3 is 5.73 Å². The first-order valence-corrected chi connectivity index (χ1v) is 6.87. The molecule has 1 aliphatic rings. The fourth-order valence-electron chi connectivity index (χ4n) is 2.98. The summed E-state index contributed by atoms with van der Waals surface area (Å²) in [5.74, 6) is 0. The molecule has 2 heteroatoms. The molecule has 0 heterocycles. The first kappa shape index (κ1) is 14.8. The van der Waals surface area contributed by atoms with E-state index < -0.39 is 0 Å². The molecule has 0 spiro atoms. The van der Waals surface area contributed by atoms with Crippen molar-refractivity contribution in [2.45, 2.75) is 24.3 Å². The monoisotopic (exact) mass is 285 g/mol. The fourth-order valence-corrected chi connectivity index (χ4v) is 2.98. The Balaban J connectivity index is 0.00000147. The molecule has 2 aromatic carbocycles. The third-order valence-electron chi connectivity index (χ3n) is 4.08. The van der Waals surface area contributed by atoms with Gasteiger partial charge in [-0.25, -0.2) is 0 Å². The van der Waals surface area contributed by atoms with Crippen molar-refractivity contribution in [3.8, 4) is 0 Å². The molecular weight excluding hydrogens is 266 g/mol. The summed E-state index contributed by atoms with van der Waals surface area (Å²) in [5, 5.41) is 0. The van der Waals surface area contributed by atoms with Gasteiger partial charge in [-0.3, -0.25) is 0 Å². The van der Waals surface area contributed by atoms with Crippen molar-refractivity contribution in [2.75, 3.05) is 0 Å². The van der Waals surface area contributed by atoms with Gasteiger partial charge in [0.1, 0.15) is 0 Å². The summed E-state index contributed by atoms with van der Waals surface area (Å²) in [6, 6.07) is 21.7. The Morgan fingerprint density at radius 1 is 0.850 bits per heavy atom. The van der Waals surface area contributed by atoms with E-state index in [4.69, 9.17) is 5.73 Å². The maximum atomic E-state index is 6.03. The lowest BCUT2D eigenvalue weighted by Crippen LogP contribution is -2.33. The number of rotatable bonds is 2. The van der Waals surface area contributed by atoms with Crippen molar-refractivity contribution < 1.29 is 0 Å². The molecule has 0 bridgehead atoms. The highest BCUT2D eigenvalue weighted by Gasteiger charge is 2.33. The molecule has 1 atom stereocenters. The van der Waals surface area contributed by atoms with Crippen molar-refractivity contribution in [1.29, 1.82) is 0 Å². The minimum absolute atomic E-state index is 0. The van der Waals surface area contributed by atoms with Gasteiger partial charge in [0.25, 0.3) is 0 Å². The molecular formula is C18H20ClN. The predicted octanol–water partition coefficient (Wildman–Crippen LogP) is 4.07. The second kappa shape index (κ2) is 6.25. The largest absolute Gasteiger partial charge is 0.324 e. The second-order valence-electron chi connectivity index (χ2n) is 5.27. The maximum Gasteiger partial charge on any atom is 0.0383 e. The third kappa shape index (κ3) is 2.65. The molecule has 104 valence electrons. The average Bonchev–Trinajstić information content (AvgIpc) is 2.50.